The average Bonchev–Trinajstić information content (AvgIpc) is 2.72. The summed E-state index contributed by atoms with van der Waals surface area (Å²) in [6.45, 7) is 1.71. The van der Waals surface area contributed by atoms with E-state index in [1.807, 2.05) is 30.3 Å². The minimum atomic E-state index is -0.207. The summed E-state index contributed by atoms with van der Waals surface area (Å²) < 4.78 is 5.81. The van der Waals surface area contributed by atoms with Crippen LogP contribution in [0.5, 0.6) is 5.75 Å². The van der Waals surface area contributed by atoms with Gasteiger partial charge in [0.15, 0.2) is 0 Å². The Labute approximate surface area is 174 Å². The molecule has 1 amide bonds. The molecule has 1 saturated heterocycles. The molecule has 1 aliphatic heterocycles. The molecule has 4 nitrogen and oxygen atoms in total. The van der Waals surface area contributed by atoms with E-state index < -0.39 is 0 Å². The lowest BCUT2D eigenvalue weighted by atomic mass is 10.1. The van der Waals surface area contributed by atoms with Crippen LogP contribution in [0.2, 0.25) is 10.0 Å². The van der Waals surface area contributed by atoms with Crippen LogP contribution in [0, 0.1) is 11.3 Å². The van der Waals surface area contributed by atoms with Crippen molar-refractivity contribution in [3.8, 4) is 11.8 Å². The van der Waals surface area contributed by atoms with Crippen molar-refractivity contribution in [2.45, 2.75) is 25.9 Å². The van der Waals surface area contributed by atoms with Gasteiger partial charge in [-0.25, -0.2) is 0 Å². The molecule has 0 unspecified atom stereocenters. The van der Waals surface area contributed by atoms with Crippen LogP contribution in [0.15, 0.2) is 48.0 Å². The number of ether oxygens (including phenoxy) is 1. The lowest BCUT2D eigenvalue weighted by molar-refractivity contribution is -0.127. The quantitative estimate of drug-likeness (QED) is 0.479. The van der Waals surface area contributed by atoms with Gasteiger partial charge in [-0.2, -0.15) is 5.26 Å². The molecule has 0 radical (unpaired) electrons. The average molecular weight is 415 g/mol. The zero-order valence-corrected chi connectivity index (χ0v) is 16.8. The van der Waals surface area contributed by atoms with Crippen molar-refractivity contribution in [3.05, 3.63) is 69.2 Å². The maximum absolute atomic E-state index is 12.6. The number of rotatable bonds is 5. The molecule has 3 rings (SSSR count). The summed E-state index contributed by atoms with van der Waals surface area (Å²) in [5.74, 6) is 0.420. The third-order valence-electron chi connectivity index (χ3n) is 4.57. The van der Waals surface area contributed by atoms with Crippen molar-refractivity contribution in [3.63, 3.8) is 0 Å². The minimum Gasteiger partial charge on any atom is -0.489 e. The van der Waals surface area contributed by atoms with E-state index in [9.17, 15) is 10.1 Å². The Morgan fingerprint density at radius 3 is 2.64 bits per heavy atom. The summed E-state index contributed by atoms with van der Waals surface area (Å²) in [5, 5.41) is 10.6. The summed E-state index contributed by atoms with van der Waals surface area (Å²) in [5.41, 5.74) is 1.70. The Balaban J connectivity index is 1.71. The second-order valence-corrected chi connectivity index (χ2v) is 7.46. The van der Waals surface area contributed by atoms with Crippen LogP contribution in [0.1, 0.15) is 30.4 Å². The smallest absolute Gasteiger partial charge is 0.264 e. The van der Waals surface area contributed by atoms with Crippen molar-refractivity contribution in [1.82, 2.24) is 4.90 Å². The molecule has 28 heavy (non-hydrogen) atoms. The van der Waals surface area contributed by atoms with Gasteiger partial charge >= 0.3 is 0 Å². The molecule has 0 atom stereocenters. The largest absolute Gasteiger partial charge is 0.489 e. The Morgan fingerprint density at radius 2 is 1.93 bits per heavy atom. The molecule has 0 N–H and O–H groups in total. The highest BCUT2D eigenvalue weighted by Gasteiger charge is 2.20. The van der Waals surface area contributed by atoms with Crippen molar-refractivity contribution < 1.29 is 9.53 Å². The van der Waals surface area contributed by atoms with Gasteiger partial charge in [-0.15, -0.1) is 0 Å². The number of amides is 1. The molecule has 2 aromatic carbocycles. The Hall–Kier alpha value is -2.48. The number of carbonyl (C=O) groups excluding carboxylic acids is 1. The van der Waals surface area contributed by atoms with E-state index >= 15 is 0 Å². The van der Waals surface area contributed by atoms with E-state index in [2.05, 4.69) is 0 Å². The topological polar surface area (TPSA) is 53.3 Å². The fourth-order valence-electron chi connectivity index (χ4n) is 3.07. The number of piperidine rings is 1. The van der Waals surface area contributed by atoms with Gasteiger partial charge < -0.3 is 9.64 Å². The van der Waals surface area contributed by atoms with Crippen molar-refractivity contribution >= 4 is 35.2 Å². The molecule has 0 aliphatic carbocycles. The second-order valence-electron chi connectivity index (χ2n) is 6.62. The lowest BCUT2D eigenvalue weighted by Gasteiger charge is -2.26. The van der Waals surface area contributed by atoms with E-state index in [1.54, 1.807) is 29.2 Å². The standard InChI is InChI=1S/C22H20Cl2N2O2/c23-19-8-7-17(21(24)13-19)15-28-20-6-4-5-16(12-20)11-18(14-25)22(27)26-9-2-1-3-10-26/h4-8,11-13H,1-3,9-10,15H2. The van der Waals surface area contributed by atoms with Crippen molar-refractivity contribution in [1.29, 1.82) is 5.26 Å². The second kappa shape index (κ2) is 9.64. The lowest BCUT2D eigenvalue weighted by Crippen LogP contribution is -2.36. The molecule has 0 aromatic heterocycles. The molecule has 0 bridgehead atoms. The number of carbonyl (C=O) groups is 1. The first-order chi connectivity index (χ1) is 13.6. The van der Waals surface area contributed by atoms with Gasteiger partial charge in [-0.3, -0.25) is 4.79 Å². The SMILES string of the molecule is N#CC(=Cc1cccc(OCc2ccc(Cl)cc2Cl)c1)C(=O)N1CCCCC1. The first kappa shape index (κ1) is 20.3. The van der Waals surface area contributed by atoms with E-state index in [0.29, 0.717) is 35.5 Å². The van der Waals surface area contributed by atoms with Gasteiger partial charge in [0.2, 0.25) is 0 Å². The van der Waals surface area contributed by atoms with Crippen LogP contribution in [0.25, 0.3) is 6.08 Å². The molecule has 0 spiro atoms. The highest BCUT2D eigenvalue weighted by molar-refractivity contribution is 6.35. The van der Waals surface area contributed by atoms with Crippen LogP contribution < -0.4 is 4.74 Å². The highest BCUT2D eigenvalue weighted by atomic mass is 35.5. The third-order valence-corrected chi connectivity index (χ3v) is 5.16. The van der Waals surface area contributed by atoms with Crippen molar-refractivity contribution in [2.75, 3.05) is 13.1 Å². The van der Waals surface area contributed by atoms with Crippen LogP contribution in [-0.4, -0.2) is 23.9 Å². The highest BCUT2D eigenvalue weighted by Crippen LogP contribution is 2.24. The molecule has 6 heteroatoms. The number of benzene rings is 2. The monoisotopic (exact) mass is 414 g/mol. The van der Waals surface area contributed by atoms with Crippen LogP contribution >= 0.6 is 23.2 Å². The van der Waals surface area contributed by atoms with E-state index in [4.69, 9.17) is 27.9 Å². The summed E-state index contributed by atoms with van der Waals surface area (Å²) >= 11 is 12.1. The number of nitriles is 1. The Morgan fingerprint density at radius 1 is 1.14 bits per heavy atom. The third kappa shape index (κ3) is 5.28. The molecule has 2 aromatic rings. The maximum atomic E-state index is 12.6. The molecule has 1 heterocycles. The maximum Gasteiger partial charge on any atom is 0.264 e. The van der Waals surface area contributed by atoms with Gasteiger partial charge in [0, 0.05) is 28.7 Å². The number of hydrogen-bond acceptors (Lipinski definition) is 3. The van der Waals surface area contributed by atoms with Crippen molar-refractivity contribution in [2.24, 2.45) is 0 Å². The summed E-state index contributed by atoms with van der Waals surface area (Å²) in [6, 6.07) is 14.6. The normalized spacial score (nSPS) is 14.5. The molecular weight excluding hydrogens is 395 g/mol. The van der Waals surface area contributed by atoms with Gasteiger partial charge in [0.1, 0.15) is 24.0 Å². The first-order valence-electron chi connectivity index (χ1n) is 9.14. The predicted molar refractivity (Wildman–Crippen MR) is 111 cm³/mol. The summed E-state index contributed by atoms with van der Waals surface area (Å²) in [4.78, 5) is 14.3. The molecule has 1 aliphatic rings. The molecular formula is C22H20Cl2N2O2. The van der Waals surface area contributed by atoms with E-state index in [-0.39, 0.29) is 11.5 Å². The minimum absolute atomic E-state index is 0.139. The first-order valence-corrected chi connectivity index (χ1v) is 9.90. The van der Waals surface area contributed by atoms with Crippen LogP contribution in [0.3, 0.4) is 0 Å². The van der Waals surface area contributed by atoms with Crippen LogP contribution in [-0.2, 0) is 11.4 Å². The van der Waals surface area contributed by atoms with Gasteiger partial charge in [0.05, 0.1) is 0 Å². The number of nitrogens with zero attached hydrogens (tertiary/aromatic N) is 2. The predicted octanol–water partition coefficient (Wildman–Crippen LogP) is 5.49. The molecule has 0 saturated carbocycles. The zero-order chi connectivity index (χ0) is 19.9. The van der Waals surface area contributed by atoms with E-state index in [1.165, 1.54) is 0 Å². The number of halogens is 2. The van der Waals surface area contributed by atoms with Gasteiger partial charge in [0.25, 0.3) is 5.91 Å². The summed E-state index contributed by atoms with van der Waals surface area (Å²) in [6.07, 6.45) is 4.72. The molecule has 144 valence electrons. The van der Waals surface area contributed by atoms with Gasteiger partial charge in [-0.1, -0.05) is 41.4 Å². The van der Waals surface area contributed by atoms with E-state index in [0.717, 1.165) is 30.4 Å². The Bertz CT molecular complexity index is 928. The Kier molecular flexibility index (Phi) is 6.97. The zero-order valence-electron chi connectivity index (χ0n) is 15.3. The van der Waals surface area contributed by atoms with Crippen LogP contribution in [0.4, 0.5) is 0 Å². The fraction of sp³-hybridized carbons (Fsp3) is 0.273. The number of likely N-dealkylation sites (tertiary alicyclic amines) is 1. The van der Waals surface area contributed by atoms with Gasteiger partial charge in [-0.05, 0) is 55.2 Å². The number of hydrogen-bond donors (Lipinski definition) is 0. The fourth-order valence-corrected chi connectivity index (χ4v) is 3.53. The molecule has 1 fully saturated rings. The summed E-state index contributed by atoms with van der Waals surface area (Å²) in [7, 11) is 0.